The zero-order valence-corrected chi connectivity index (χ0v) is 23.0. The van der Waals surface area contributed by atoms with Crippen LogP contribution >= 0.6 is 11.3 Å². The first kappa shape index (κ1) is 27.3. The number of carbonyl (C=O) groups excluding carboxylic acids is 3. The molecule has 1 saturated heterocycles. The molecule has 3 aromatic heterocycles. The highest BCUT2D eigenvalue weighted by atomic mass is 32.1. The predicted octanol–water partition coefficient (Wildman–Crippen LogP) is 4.31. The topological polar surface area (TPSA) is 130 Å². The van der Waals surface area contributed by atoms with Gasteiger partial charge in [-0.05, 0) is 44.0 Å². The summed E-state index contributed by atoms with van der Waals surface area (Å²) >= 11 is 1.37. The second kappa shape index (κ2) is 11.8. The fraction of sp³-hybridized carbons (Fsp3) is 0.444. The average molecular weight is 536 g/mol. The first-order valence-corrected chi connectivity index (χ1v) is 13.5. The standard InChI is InChI=1S/C27H33N7O3S/c1-17-7-8-20(24(37)31-26-33-32-25(38-26)27(2,3)4)23(29-17)18-11-14-34(15-12-18)22(36)10-9-21(35)30-19-6-5-13-28-16-19/h5-8,13,16,18H,9-12,14-15H2,1-4H3,(H,30,35)(H,31,33,37). The Labute approximate surface area is 226 Å². The van der Waals surface area contributed by atoms with E-state index in [0.29, 0.717) is 42.3 Å². The molecule has 0 aliphatic carbocycles. The monoisotopic (exact) mass is 535 g/mol. The van der Waals surface area contributed by atoms with Crippen molar-refractivity contribution in [1.82, 2.24) is 25.1 Å². The summed E-state index contributed by atoms with van der Waals surface area (Å²) in [7, 11) is 0. The van der Waals surface area contributed by atoms with Gasteiger partial charge in [0.1, 0.15) is 5.01 Å². The lowest BCUT2D eigenvalue weighted by Crippen LogP contribution is -2.38. The van der Waals surface area contributed by atoms with Gasteiger partial charge < -0.3 is 10.2 Å². The number of carbonyl (C=O) groups is 3. The van der Waals surface area contributed by atoms with Crippen molar-refractivity contribution in [2.75, 3.05) is 23.7 Å². The van der Waals surface area contributed by atoms with E-state index in [1.54, 1.807) is 35.5 Å². The Balaban J connectivity index is 1.34. The number of likely N-dealkylation sites (tertiary alicyclic amines) is 1. The number of aryl methyl sites for hydroxylation is 1. The number of nitrogens with zero attached hydrogens (tertiary/aromatic N) is 5. The highest BCUT2D eigenvalue weighted by molar-refractivity contribution is 7.15. The maximum absolute atomic E-state index is 13.2. The van der Waals surface area contributed by atoms with Gasteiger partial charge in [0.05, 0.1) is 23.1 Å². The molecule has 2 N–H and O–H groups in total. The van der Waals surface area contributed by atoms with Crippen molar-refractivity contribution in [2.45, 2.75) is 64.7 Å². The van der Waals surface area contributed by atoms with Crippen LogP contribution in [0.5, 0.6) is 0 Å². The number of amides is 3. The number of pyridine rings is 2. The molecule has 0 atom stereocenters. The molecule has 3 amide bonds. The summed E-state index contributed by atoms with van der Waals surface area (Å²) in [6.07, 6.45) is 4.83. The van der Waals surface area contributed by atoms with Gasteiger partial charge in [0.15, 0.2) is 0 Å². The van der Waals surface area contributed by atoms with Crippen LogP contribution in [0.3, 0.4) is 0 Å². The van der Waals surface area contributed by atoms with E-state index in [0.717, 1.165) is 16.4 Å². The average Bonchev–Trinajstić information content (AvgIpc) is 3.37. The summed E-state index contributed by atoms with van der Waals surface area (Å²) < 4.78 is 0. The quantitative estimate of drug-likeness (QED) is 0.461. The molecule has 4 heterocycles. The van der Waals surface area contributed by atoms with Crippen molar-refractivity contribution < 1.29 is 14.4 Å². The van der Waals surface area contributed by atoms with Crippen LogP contribution in [0.1, 0.15) is 79.1 Å². The summed E-state index contributed by atoms with van der Waals surface area (Å²) in [5.41, 5.74) is 2.55. The van der Waals surface area contributed by atoms with Gasteiger partial charge in [-0.25, -0.2) is 0 Å². The van der Waals surface area contributed by atoms with E-state index < -0.39 is 0 Å². The van der Waals surface area contributed by atoms with Crippen molar-refractivity contribution in [3.63, 3.8) is 0 Å². The lowest BCUT2D eigenvalue weighted by molar-refractivity contribution is -0.133. The molecular formula is C27H33N7O3S. The van der Waals surface area contributed by atoms with Crippen LogP contribution in [0.15, 0.2) is 36.7 Å². The molecule has 0 radical (unpaired) electrons. The second-order valence-electron chi connectivity index (χ2n) is 10.4. The molecule has 0 aromatic carbocycles. The van der Waals surface area contributed by atoms with Crippen LogP contribution < -0.4 is 10.6 Å². The molecule has 0 spiro atoms. The Hall–Kier alpha value is -3.73. The Morgan fingerprint density at radius 1 is 1.05 bits per heavy atom. The van der Waals surface area contributed by atoms with Gasteiger partial charge in [0.25, 0.3) is 5.91 Å². The number of piperidine rings is 1. The van der Waals surface area contributed by atoms with Crippen LogP contribution in [-0.2, 0) is 15.0 Å². The number of rotatable bonds is 7. The van der Waals surface area contributed by atoms with Gasteiger partial charge in [0, 0.05) is 49.2 Å². The van der Waals surface area contributed by atoms with E-state index in [1.807, 2.05) is 13.0 Å². The third kappa shape index (κ3) is 6.97. The lowest BCUT2D eigenvalue weighted by Gasteiger charge is -2.32. The first-order valence-electron chi connectivity index (χ1n) is 12.7. The van der Waals surface area contributed by atoms with E-state index in [4.69, 9.17) is 4.98 Å². The van der Waals surface area contributed by atoms with E-state index >= 15 is 0 Å². The molecule has 4 rings (SSSR count). The number of hydrogen-bond donors (Lipinski definition) is 2. The minimum Gasteiger partial charge on any atom is -0.343 e. The van der Waals surface area contributed by atoms with Crippen molar-refractivity contribution in [1.29, 1.82) is 0 Å². The summed E-state index contributed by atoms with van der Waals surface area (Å²) in [4.78, 5) is 48.6. The highest BCUT2D eigenvalue weighted by Gasteiger charge is 2.29. The lowest BCUT2D eigenvalue weighted by atomic mass is 9.89. The van der Waals surface area contributed by atoms with Crippen LogP contribution in [-0.4, -0.2) is 55.9 Å². The molecule has 11 heteroatoms. The van der Waals surface area contributed by atoms with Crippen molar-refractivity contribution in [2.24, 2.45) is 0 Å². The first-order chi connectivity index (χ1) is 18.1. The molecule has 0 unspecified atom stereocenters. The Kier molecular flexibility index (Phi) is 8.45. The fourth-order valence-corrected chi connectivity index (χ4v) is 5.06. The van der Waals surface area contributed by atoms with Crippen LogP contribution in [0.25, 0.3) is 0 Å². The molecule has 1 fully saturated rings. The molecule has 0 bridgehead atoms. The van der Waals surface area contributed by atoms with Gasteiger partial charge in [-0.2, -0.15) is 0 Å². The number of anilines is 2. The van der Waals surface area contributed by atoms with Crippen molar-refractivity contribution in [3.8, 4) is 0 Å². The molecule has 38 heavy (non-hydrogen) atoms. The SMILES string of the molecule is Cc1ccc(C(=O)Nc2nnc(C(C)(C)C)s2)c(C2CCN(C(=O)CCC(=O)Nc3cccnc3)CC2)n1. The summed E-state index contributed by atoms with van der Waals surface area (Å²) in [6.45, 7) is 9.16. The van der Waals surface area contributed by atoms with Crippen LogP contribution in [0.4, 0.5) is 10.8 Å². The summed E-state index contributed by atoms with van der Waals surface area (Å²) in [5, 5.41) is 15.3. The van der Waals surface area contributed by atoms with E-state index in [1.165, 1.54) is 11.3 Å². The van der Waals surface area contributed by atoms with E-state index in [2.05, 4.69) is 46.6 Å². The predicted molar refractivity (Wildman–Crippen MR) is 146 cm³/mol. The van der Waals surface area contributed by atoms with E-state index in [9.17, 15) is 14.4 Å². The summed E-state index contributed by atoms with van der Waals surface area (Å²) in [6, 6.07) is 7.12. The molecule has 3 aromatic rings. The van der Waals surface area contributed by atoms with Gasteiger partial charge in [-0.3, -0.25) is 29.7 Å². The number of nitrogens with one attached hydrogen (secondary N) is 2. The van der Waals surface area contributed by atoms with Gasteiger partial charge in [-0.1, -0.05) is 32.1 Å². The van der Waals surface area contributed by atoms with Gasteiger partial charge >= 0.3 is 0 Å². The molecule has 10 nitrogen and oxygen atoms in total. The van der Waals surface area contributed by atoms with Crippen LogP contribution in [0.2, 0.25) is 0 Å². The van der Waals surface area contributed by atoms with E-state index in [-0.39, 0.29) is 41.9 Å². The Bertz CT molecular complexity index is 1300. The maximum Gasteiger partial charge on any atom is 0.259 e. The van der Waals surface area contributed by atoms with Gasteiger partial charge in [0.2, 0.25) is 16.9 Å². The number of hydrogen-bond acceptors (Lipinski definition) is 8. The molecular weight excluding hydrogens is 502 g/mol. The molecule has 1 aliphatic heterocycles. The smallest absolute Gasteiger partial charge is 0.259 e. The molecule has 0 saturated carbocycles. The molecule has 1 aliphatic rings. The zero-order chi connectivity index (χ0) is 27.3. The Morgan fingerprint density at radius 2 is 1.82 bits per heavy atom. The normalized spacial score (nSPS) is 14.3. The zero-order valence-electron chi connectivity index (χ0n) is 22.2. The third-order valence-corrected chi connectivity index (χ3v) is 7.61. The fourth-order valence-electron chi connectivity index (χ4n) is 4.26. The maximum atomic E-state index is 13.2. The molecule has 200 valence electrons. The highest BCUT2D eigenvalue weighted by Crippen LogP contribution is 2.31. The third-order valence-electron chi connectivity index (χ3n) is 6.34. The second-order valence-corrected chi connectivity index (χ2v) is 11.4. The largest absolute Gasteiger partial charge is 0.343 e. The van der Waals surface area contributed by atoms with Crippen LogP contribution in [0, 0.1) is 6.92 Å². The summed E-state index contributed by atoms with van der Waals surface area (Å²) in [5.74, 6) is -0.479. The minimum atomic E-state index is -0.262. The van der Waals surface area contributed by atoms with Crippen molar-refractivity contribution >= 4 is 39.9 Å². The number of aromatic nitrogens is 4. The minimum absolute atomic E-state index is 0.0492. The van der Waals surface area contributed by atoms with Crippen molar-refractivity contribution in [3.05, 3.63) is 58.6 Å². The Morgan fingerprint density at radius 3 is 2.47 bits per heavy atom. The van der Waals surface area contributed by atoms with Gasteiger partial charge in [-0.15, -0.1) is 10.2 Å².